The van der Waals surface area contributed by atoms with Gasteiger partial charge in [0.05, 0.1) is 11.5 Å². The van der Waals surface area contributed by atoms with Crippen LogP contribution in [-0.2, 0) is 21.4 Å². The molecule has 0 radical (unpaired) electrons. The maximum atomic E-state index is 13.0. The van der Waals surface area contributed by atoms with E-state index in [1.807, 2.05) is 37.3 Å². The van der Waals surface area contributed by atoms with E-state index in [0.29, 0.717) is 38.3 Å². The van der Waals surface area contributed by atoms with E-state index in [-0.39, 0.29) is 10.8 Å². The van der Waals surface area contributed by atoms with E-state index >= 15 is 0 Å². The zero-order valence-electron chi connectivity index (χ0n) is 15.3. The Morgan fingerprint density at radius 3 is 2.52 bits per heavy atom. The number of sulfonamides is 1. The van der Waals surface area contributed by atoms with Crippen LogP contribution >= 0.6 is 0 Å². The molecule has 1 amide bonds. The molecular formula is C20H24N2O4S. The Morgan fingerprint density at radius 1 is 1.15 bits per heavy atom. The molecule has 1 saturated heterocycles. The Morgan fingerprint density at radius 2 is 1.85 bits per heavy atom. The zero-order chi connectivity index (χ0) is 19.3. The third-order valence-corrected chi connectivity index (χ3v) is 6.48. The highest BCUT2D eigenvalue weighted by Crippen LogP contribution is 2.27. The van der Waals surface area contributed by atoms with E-state index in [1.165, 1.54) is 16.4 Å². The zero-order valence-corrected chi connectivity index (χ0v) is 16.1. The first-order valence-corrected chi connectivity index (χ1v) is 10.5. The van der Waals surface area contributed by atoms with Crippen molar-refractivity contribution in [3.8, 4) is 5.75 Å². The molecule has 7 heteroatoms. The number of hydrogen-bond acceptors (Lipinski definition) is 4. The molecule has 0 spiro atoms. The Balaban J connectivity index is 1.71. The van der Waals surface area contributed by atoms with Crippen LogP contribution in [0.2, 0.25) is 0 Å². The average molecular weight is 388 g/mol. The van der Waals surface area contributed by atoms with Crippen LogP contribution in [0.15, 0.2) is 59.5 Å². The lowest BCUT2D eigenvalue weighted by Gasteiger charge is -2.23. The van der Waals surface area contributed by atoms with Gasteiger partial charge in [0, 0.05) is 13.1 Å². The standard InChI is InChI=1S/C20H24N2O4S/c1-2-26-17-10-12-18(13-11-17)27(24,25)22-14-6-9-19(22)20(23)21-15-16-7-4-3-5-8-16/h3-5,7-8,10-13,19H,2,6,9,14-15H2,1H3,(H,21,23)/t19-/m0/s1. The normalized spacial score (nSPS) is 17.6. The van der Waals surface area contributed by atoms with E-state index in [4.69, 9.17) is 4.74 Å². The van der Waals surface area contributed by atoms with E-state index in [1.54, 1.807) is 12.1 Å². The second-order valence-electron chi connectivity index (χ2n) is 6.38. The number of nitrogens with one attached hydrogen (secondary N) is 1. The molecule has 3 rings (SSSR count). The van der Waals surface area contributed by atoms with Crippen molar-refractivity contribution in [2.24, 2.45) is 0 Å². The van der Waals surface area contributed by atoms with Crippen LogP contribution in [0, 0.1) is 0 Å². The monoisotopic (exact) mass is 388 g/mol. The van der Waals surface area contributed by atoms with Gasteiger partial charge < -0.3 is 10.1 Å². The van der Waals surface area contributed by atoms with Gasteiger partial charge in [-0.2, -0.15) is 4.31 Å². The lowest BCUT2D eigenvalue weighted by molar-refractivity contribution is -0.124. The second-order valence-corrected chi connectivity index (χ2v) is 8.27. The topological polar surface area (TPSA) is 75.7 Å². The lowest BCUT2D eigenvalue weighted by Crippen LogP contribution is -2.45. The van der Waals surface area contributed by atoms with Gasteiger partial charge in [-0.25, -0.2) is 8.42 Å². The highest BCUT2D eigenvalue weighted by molar-refractivity contribution is 7.89. The molecule has 1 N–H and O–H groups in total. The number of carbonyl (C=O) groups is 1. The van der Waals surface area contributed by atoms with Crippen molar-refractivity contribution in [3.63, 3.8) is 0 Å². The molecule has 27 heavy (non-hydrogen) atoms. The number of nitrogens with zero attached hydrogens (tertiary/aromatic N) is 1. The molecule has 0 aliphatic carbocycles. The number of carbonyl (C=O) groups excluding carboxylic acids is 1. The van der Waals surface area contributed by atoms with Crippen molar-refractivity contribution in [2.45, 2.75) is 37.2 Å². The number of rotatable bonds is 7. The summed E-state index contributed by atoms with van der Waals surface area (Å²) in [5, 5.41) is 2.86. The Bertz CT molecular complexity index is 867. The highest BCUT2D eigenvalue weighted by Gasteiger charge is 2.39. The fourth-order valence-electron chi connectivity index (χ4n) is 3.20. The molecular weight excluding hydrogens is 364 g/mol. The number of benzene rings is 2. The van der Waals surface area contributed by atoms with Gasteiger partial charge in [-0.05, 0) is 49.6 Å². The number of hydrogen-bond donors (Lipinski definition) is 1. The Hall–Kier alpha value is -2.38. The molecule has 1 aliphatic heterocycles. The minimum absolute atomic E-state index is 0.175. The number of amides is 1. The van der Waals surface area contributed by atoms with Crippen molar-refractivity contribution in [1.29, 1.82) is 0 Å². The molecule has 1 heterocycles. The summed E-state index contributed by atoms with van der Waals surface area (Å²) in [6, 6.07) is 15.2. The van der Waals surface area contributed by atoms with Gasteiger partial charge in [0.2, 0.25) is 15.9 Å². The first-order chi connectivity index (χ1) is 13.0. The number of ether oxygens (including phenoxy) is 1. The molecule has 1 atom stereocenters. The molecule has 6 nitrogen and oxygen atoms in total. The molecule has 0 unspecified atom stereocenters. The van der Waals surface area contributed by atoms with Gasteiger partial charge in [-0.15, -0.1) is 0 Å². The van der Waals surface area contributed by atoms with Crippen LogP contribution in [0.4, 0.5) is 0 Å². The molecule has 1 fully saturated rings. The van der Waals surface area contributed by atoms with Crippen LogP contribution in [0.25, 0.3) is 0 Å². The van der Waals surface area contributed by atoms with Crippen molar-refractivity contribution in [1.82, 2.24) is 9.62 Å². The summed E-state index contributed by atoms with van der Waals surface area (Å²) in [7, 11) is -3.73. The van der Waals surface area contributed by atoms with Crippen LogP contribution in [0.3, 0.4) is 0 Å². The van der Waals surface area contributed by atoms with E-state index in [0.717, 1.165) is 5.56 Å². The van der Waals surface area contributed by atoms with E-state index in [2.05, 4.69) is 5.32 Å². The molecule has 0 aromatic heterocycles. The molecule has 0 bridgehead atoms. The van der Waals surface area contributed by atoms with E-state index in [9.17, 15) is 13.2 Å². The molecule has 2 aromatic rings. The largest absolute Gasteiger partial charge is 0.494 e. The quantitative estimate of drug-likeness (QED) is 0.791. The first-order valence-electron chi connectivity index (χ1n) is 9.08. The summed E-state index contributed by atoms with van der Waals surface area (Å²) in [6.45, 7) is 3.11. The summed E-state index contributed by atoms with van der Waals surface area (Å²) >= 11 is 0. The molecule has 2 aromatic carbocycles. The van der Waals surface area contributed by atoms with Crippen molar-refractivity contribution < 1.29 is 17.9 Å². The summed E-state index contributed by atoms with van der Waals surface area (Å²) < 4.78 is 32.7. The highest BCUT2D eigenvalue weighted by atomic mass is 32.2. The lowest BCUT2D eigenvalue weighted by atomic mass is 10.2. The van der Waals surface area contributed by atoms with Crippen LogP contribution in [0.1, 0.15) is 25.3 Å². The van der Waals surface area contributed by atoms with Crippen LogP contribution in [0.5, 0.6) is 5.75 Å². The summed E-state index contributed by atoms with van der Waals surface area (Å²) in [6.07, 6.45) is 1.19. The Kier molecular flexibility index (Phi) is 6.13. The summed E-state index contributed by atoms with van der Waals surface area (Å²) in [5.74, 6) is 0.362. The fraction of sp³-hybridized carbons (Fsp3) is 0.350. The molecule has 0 saturated carbocycles. The second kappa shape index (κ2) is 8.54. The minimum Gasteiger partial charge on any atom is -0.494 e. The third-order valence-electron chi connectivity index (χ3n) is 4.56. The van der Waals surface area contributed by atoms with Gasteiger partial charge in [0.25, 0.3) is 0 Å². The average Bonchev–Trinajstić information content (AvgIpc) is 3.18. The molecule has 144 valence electrons. The van der Waals surface area contributed by atoms with Gasteiger partial charge >= 0.3 is 0 Å². The smallest absolute Gasteiger partial charge is 0.243 e. The predicted molar refractivity (Wildman–Crippen MR) is 103 cm³/mol. The third kappa shape index (κ3) is 4.48. The van der Waals surface area contributed by atoms with Crippen LogP contribution in [-0.4, -0.2) is 37.8 Å². The fourth-order valence-corrected chi connectivity index (χ4v) is 4.86. The summed E-state index contributed by atoms with van der Waals surface area (Å²) in [5.41, 5.74) is 0.977. The minimum atomic E-state index is -3.73. The van der Waals surface area contributed by atoms with Gasteiger partial charge in [-0.3, -0.25) is 4.79 Å². The van der Waals surface area contributed by atoms with Crippen molar-refractivity contribution >= 4 is 15.9 Å². The van der Waals surface area contributed by atoms with Gasteiger partial charge in [0.1, 0.15) is 11.8 Å². The van der Waals surface area contributed by atoms with Crippen LogP contribution < -0.4 is 10.1 Å². The Labute approximate surface area is 160 Å². The first kappa shape index (κ1) is 19.4. The van der Waals surface area contributed by atoms with Gasteiger partial charge in [-0.1, -0.05) is 30.3 Å². The van der Waals surface area contributed by atoms with Crippen molar-refractivity contribution in [2.75, 3.05) is 13.2 Å². The predicted octanol–water partition coefficient (Wildman–Crippen LogP) is 2.55. The van der Waals surface area contributed by atoms with Crippen molar-refractivity contribution in [3.05, 3.63) is 60.2 Å². The maximum Gasteiger partial charge on any atom is 0.243 e. The SMILES string of the molecule is CCOc1ccc(S(=O)(=O)N2CCC[C@H]2C(=O)NCc2ccccc2)cc1. The molecule has 1 aliphatic rings. The summed E-state index contributed by atoms with van der Waals surface area (Å²) in [4.78, 5) is 12.8. The van der Waals surface area contributed by atoms with E-state index < -0.39 is 16.1 Å². The maximum absolute atomic E-state index is 13.0. The van der Waals surface area contributed by atoms with Gasteiger partial charge in [0.15, 0.2) is 0 Å².